The number of nitrogens with two attached hydrogens (primary N) is 1. The number of Topliss-reactive ketones (excluding diaryl/α,β-unsaturated/α-hetero) is 1. The maximum absolute atomic E-state index is 13.2. The van der Waals surface area contributed by atoms with Crippen LogP contribution in [0, 0.1) is 25.7 Å². The number of ketones is 1. The lowest BCUT2D eigenvalue weighted by Gasteiger charge is -2.21. The van der Waals surface area contributed by atoms with Gasteiger partial charge in [0.15, 0.2) is 18.2 Å². The second-order valence-corrected chi connectivity index (χ2v) is 16.0. The molecule has 0 saturated carbocycles. The maximum atomic E-state index is 13.2. The molecule has 0 radical (unpaired) electrons. The first-order valence-corrected chi connectivity index (χ1v) is 22.2. The molecule has 11 heteroatoms. The number of aromatic amines is 2. The predicted octanol–water partition coefficient (Wildman–Crippen LogP) is 8.51. The number of carbonyl (C=O) groups is 3. The summed E-state index contributed by atoms with van der Waals surface area (Å²) in [6.07, 6.45) is 16.9. The highest BCUT2D eigenvalue weighted by Crippen LogP contribution is 2.41. The molecule has 1 amide bonds. The molecule has 3 aromatic heterocycles. The Labute approximate surface area is 362 Å². The van der Waals surface area contributed by atoms with Gasteiger partial charge in [-0.3, -0.25) is 19.4 Å². The number of aromatic nitrogens is 3. The van der Waals surface area contributed by atoms with Crippen molar-refractivity contribution >= 4 is 48.3 Å². The van der Waals surface area contributed by atoms with Crippen LogP contribution in [0.1, 0.15) is 157 Å². The number of amides is 1. The highest BCUT2D eigenvalue weighted by Gasteiger charge is 2.35. The average molecular weight is 834 g/mol. The lowest BCUT2D eigenvalue weighted by atomic mass is 9.86. The van der Waals surface area contributed by atoms with Gasteiger partial charge in [-0.25, -0.2) is 4.99 Å². The summed E-state index contributed by atoms with van der Waals surface area (Å²) in [5.74, 6) is -0.210. The zero-order valence-electron chi connectivity index (χ0n) is 38.5. The van der Waals surface area contributed by atoms with Crippen molar-refractivity contribution in [3.63, 3.8) is 0 Å². The van der Waals surface area contributed by atoms with E-state index in [2.05, 4.69) is 88.4 Å². The number of rotatable bonds is 13. The molecule has 3 aliphatic rings. The number of hydrogen-bond donors (Lipinski definition) is 3. The SMILES string of the molecule is C=N/C1=C\c2[nH]c(c(C(C)OCCCCCC)c2C)/C=c2\[nH]/c(c(CC)c2C)=C\C2=NC3=C(CC(=O)C3=C2C)C[C@@H](C)C1C.CC.CCC(=O)OC[n+]1cccc(C(N)=O)c1. The van der Waals surface area contributed by atoms with Gasteiger partial charge >= 0.3 is 5.97 Å². The van der Waals surface area contributed by atoms with Crippen LogP contribution >= 0.6 is 0 Å². The molecule has 0 aromatic carbocycles. The quantitative estimate of drug-likeness (QED) is 0.0682. The molecule has 3 atom stereocenters. The zero-order chi connectivity index (χ0) is 45.0. The van der Waals surface area contributed by atoms with Crippen LogP contribution in [-0.2, 0) is 32.2 Å². The molecule has 3 aromatic rings. The molecule has 6 bridgehead atoms. The number of primary amides is 1. The van der Waals surface area contributed by atoms with Crippen LogP contribution in [0.25, 0.3) is 18.2 Å². The van der Waals surface area contributed by atoms with Gasteiger partial charge in [-0.1, -0.05) is 67.7 Å². The van der Waals surface area contributed by atoms with Crippen LogP contribution in [0.3, 0.4) is 0 Å². The van der Waals surface area contributed by atoms with Gasteiger partial charge in [-0.2, -0.15) is 4.57 Å². The second kappa shape index (κ2) is 22.4. The second-order valence-electron chi connectivity index (χ2n) is 16.0. The maximum Gasteiger partial charge on any atom is 0.310 e. The highest BCUT2D eigenvalue weighted by atomic mass is 16.5. The van der Waals surface area contributed by atoms with Crippen molar-refractivity contribution < 1.29 is 28.4 Å². The highest BCUT2D eigenvalue weighted by molar-refractivity contribution is 6.28. The standard InChI is InChI=1S/C38H50N4O2.C10H12N2O3.C2H6/c1-10-12-13-14-15-44-26(8)36-24(6)31-18-29(39-9)22(4)21(3)16-27-17-35(43)37-25(7)32(42-38(27)37)19-33-28(11-2)23(5)30(40-33)20-34(36)41-31;1-2-9(13)15-7-12-5-3-4-8(6-12)10(11)14;1-2/h18-22,26,40-41H,9-17H2,1-8H3;3-6H,2,7H2,1H3,(H-,11,14);1-2H3/p+1/b29-18-,30-20-,33-19-;;/t21-,22?,26?;;/m1../s1. The molecule has 2 aliphatic heterocycles. The van der Waals surface area contributed by atoms with E-state index in [4.69, 9.17) is 20.2 Å². The van der Waals surface area contributed by atoms with Crippen LogP contribution in [0.15, 0.2) is 62.6 Å². The van der Waals surface area contributed by atoms with Gasteiger partial charge in [0.1, 0.15) is 5.56 Å². The van der Waals surface area contributed by atoms with Crippen LogP contribution in [0.4, 0.5) is 0 Å². The molecule has 0 fully saturated rings. The minimum Gasteiger partial charge on any atom is -0.405 e. The first kappa shape index (κ1) is 48.2. The number of pyridine rings is 1. The van der Waals surface area contributed by atoms with Gasteiger partial charge in [0.25, 0.3) is 12.6 Å². The van der Waals surface area contributed by atoms with E-state index >= 15 is 0 Å². The van der Waals surface area contributed by atoms with E-state index in [1.165, 1.54) is 47.7 Å². The first-order chi connectivity index (χ1) is 29.2. The van der Waals surface area contributed by atoms with Crippen molar-refractivity contribution in [1.29, 1.82) is 0 Å². The number of aliphatic imine (C=N–C) groups is 2. The van der Waals surface area contributed by atoms with Gasteiger partial charge in [0.05, 0.1) is 17.5 Å². The zero-order valence-corrected chi connectivity index (χ0v) is 38.5. The van der Waals surface area contributed by atoms with E-state index in [1.807, 2.05) is 20.8 Å². The summed E-state index contributed by atoms with van der Waals surface area (Å²) in [4.78, 5) is 52.0. The number of H-pyrrole nitrogens is 2. The molecule has 6 rings (SSSR count). The van der Waals surface area contributed by atoms with E-state index in [0.29, 0.717) is 18.4 Å². The van der Waals surface area contributed by atoms with Gasteiger partial charge in [0.2, 0.25) is 0 Å². The van der Waals surface area contributed by atoms with Crippen LogP contribution in [0.5, 0.6) is 0 Å². The summed E-state index contributed by atoms with van der Waals surface area (Å²) in [5, 5.41) is 2.12. The fourth-order valence-corrected chi connectivity index (χ4v) is 8.15. The number of ether oxygens (including phenoxy) is 2. The molecule has 4 N–H and O–H groups in total. The summed E-state index contributed by atoms with van der Waals surface area (Å²) in [6, 6.07) is 3.26. The van der Waals surface area contributed by atoms with Crippen LogP contribution in [0.2, 0.25) is 0 Å². The largest absolute Gasteiger partial charge is 0.405 e. The number of nitrogens with one attached hydrogen (secondary N) is 2. The normalized spacial score (nSPS) is 19.4. The fourth-order valence-electron chi connectivity index (χ4n) is 8.15. The van der Waals surface area contributed by atoms with Gasteiger partial charge in [-0.15, -0.1) is 0 Å². The van der Waals surface area contributed by atoms with E-state index in [1.54, 1.807) is 29.8 Å². The summed E-state index contributed by atoms with van der Waals surface area (Å²) in [6.45, 7) is 28.0. The summed E-state index contributed by atoms with van der Waals surface area (Å²) in [5.41, 5.74) is 18.0. The summed E-state index contributed by atoms with van der Waals surface area (Å²) in [7, 11) is 0. The molecule has 0 saturated heterocycles. The van der Waals surface area contributed by atoms with Crippen molar-refractivity contribution in [3.8, 4) is 0 Å². The Morgan fingerprint density at radius 1 is 1.02 bits per heavy atom. The Morgan fingerprint density at radius 2 is 1.75 bits per heavy atom. The van der Waals surface area contributed by atoms with Crippen molar-refractivity contribution in [2.24, 2.45) is 27.6 Å². The smallest absolute Gasteiger partial charge is 0.310 e. The number of unbranched alkanes of at least 4 members (excludes halogenated alkanes) is 3. The number of hydrogen-bond acceptors (Lipinski definition) is 7. The molecule has 5 heterocycles. The lowest BCUT2D eigenvalue weighted by Crippen LogP contribution is -2.36. The third-order valence-electron chi connectivity index (χ3n) is 11.9. The molecule has 2 unspecified atom stereocenters. The number of fused-ring (bicyclic) bond motifs is 4. The first-order valence-electron chi connectivity index (χ1n) is 22.2. The van der Waals surface area contributed by atoms with E-state index in [-0.39, 0.29) is 36.4 Å². The van der Waals surface area contributed by atoms with Crippen LogP contribution < -0.4 is 21.0 Å². The van der Waals surface area contributed by atoms with Crippen molar-refractivity contribution in [1.82, 2.24) is 9.97 Å². The topological polar surface area (TPSA) is 156 Å². The Morgan fingerprint density at radius 3 is 2.41 bits per heavy atom. The molecular formula is C50H69N6O5+. The Kier molecular flexibility index (Phi) is 17.7. The number of nitrogens with zero attached hydrogens (tertiary/aromatic N) is 3. The van der Waals surface area contributed by atoms with Gasteiger partial charge in [-0.05, 0) is 112 Å². The monoisotopic (exact) mass is 834 g/mol. The minimum absolute atomic E-state index is 0.0594. The fraction of sp³-hybridized carbons (Fsp3) is 0.480. The van der Waals surface area contributed by atoms with Crippen molar-refractivity contribution in [3.05, 3.63) is 103 Å². The Hall–Kier alpha value is -5.42. The number of allylic oxidation sites excluding steroid dienone is 4. The van der Waals surface area contributed by atoms with E-state index in [9.17, 15) is 14.4 Å². The predicted molar refractivity (Wildman–Crippen MR) is 246 cm³/mol. The molecule has 0 spiro atoms. The average Bonchev–Trinajstić information content (AvgIpc) is 3.95. The molecule has 11 nitrogen and oxygen atoms in total. The number of esters is 1. The molecule has 61 heavy (non-hydrogen) atoms. The molecule has 328 valence electrons. The third kappa shape index (κ3) is 11.5. The lowest BCUT2D eigenvalue weighted by molar-refractivity contribution is -0.727. The van der Waals surface area contributed by atoms with Crippen LogP contribution in [-0.4, -0.2) is 46.7 Å². The van der Waals surface area contributed by atoms with Crippen molar-refractivity contribution in [2.45, 2.75) is 140 Å². The van der Waals surface area contributed by atoms with E-state index in [0.717, 1.165) is 81.8 Å². The molecular weight excluding hydrogens is 765 g/mol. The van der Waals surface area contributed by atoms with Crippen molar-refractivity contribution in [2.75, 3.05) is 6.61 Å². The third-order valence-corrected chi connectivity index (χ3v) is 11.9. The summed E-state index contributed by atoms with van der Waals surface area (Å²) >= 11 is 0. The molecule has 1 aliphatic carbocycles. The number of carbonyl (C=O) groups excluding carboxylic acids is 3. The van der Waals surface area contributed by atoms with Gasteiger partial charge < -0.3 is 25.2 Å². The minimum atomic E-state index is -0.508. The summed E-state index contributed by atoms with van der Waals surface area (Å²) < 4.78 is 12.9. The van der Waals surface area contributed by atoms with E-state index < -0.39 is 5.91 Å². The van der Waals surface area contributed by atoms with Gasteiger partial charge in [0, 0.05) is 70.4 Å². The Bertz CT molecular complexity index is 2350. The Balaban J connectivity index is 0.000000405.